The molecule has 0 amide bonds. The van der Waals surface area contributed by atoms with Gasteiger partial charge < -0.3 is 0 Å². The number of benzene rings is 2. The van der Waals surface area contributed by atoms with Crippen LogP contribution in [0.5, 0.6) is 0 Å². The van der Waals surface area contributed by atoms with Crippen molar-refractivity contribution >= 4 is 11.6 Å². The third-order valence-corrected chi connectivity index (χ3v) is 7.02. The van der Waals surface area contributed by atoms with Gasteiger partial charge in [-0.3, -0.25) is 4.90 Å². The molecule has 152 valence electrons. The number of hydrogen-bond donors (Lipinski definition) is 0. The van der Waals surface area contributed by atoms with Gasteiger partial charge in [0.15, 0.2) is 0 Å². The molecule has 1 aromatic heterocycles. The monoisotopic (exact) mass is 420 g/mol. The number of hydrogen-bond acceptors (Lipinski definition) is 3. The van der Waals surface area contributed by atoms with Crippen molar-refractivity contribution in [3.8, 4) is 11.8 Å². The van der Waals surface area contributed by atoms with E-state index in [-0.39, 0.29) is 17.9 Å². The number of aryl methyl sites for hydroxylation is 1. The van der Waals surface area contributed by atoms with E-state index in [9.17, 15) is 9.65 Å². The Morgan fingerprint density at radius 1 is 1.20 bits per heavy atom. The maximum absolute atomic E-state index is 14.5. The van der Waals surface area contributed by atoms with E-state index in [1.165, 1.54) is 11.6 Å². The number of aromatic nitrogens is 2. The average molecular weight is 421 g/mol. The molecule has 30 heavy (non-hydrogen) atoms. The Labute approximate surface area is 180 Å². The SMILES string of the molecule is Cc1c2c(nn1-c1ccccc1Cl)CCC(N1Cc3c(F)ccc(C#N)c3C1C)C2. The molecule has 2 heterocycles. The predicted molar refractivity (Wildman–Crippen MR) is 114 cm³/mol. The van der Waals surface area contributed by atoms with Gasteiger partial charge in [0.25, 0.3) is 0 Å². The number of para-hydroxylation sites is 1. The van der Waals surface area contributed by atoms with Crippen LogP contribution in [0.2, 0.25) is 5.02 Å². The van der Waals surface area contributed by atoms with Crippen LogP contribution in [0.3, 0.4) is 0 Å². The predicted octanol–water partition coefficient (Wildman–Crippen LogP) is 5.28. The van der Waals surface area contributed by atoms with Crippen molar-refractivity contribution in [3.63, 3.8) is 0 Å². The molecule has 2 atom stereocenters. The van der Waals surface area contributed by atoms with E-state index in [1.54, 1.807) is 6.07 Å². The summed E-state index contributed by atoms with van der Waals surface area (Å²) in [6.07, 6.45) is 2.71. The van der Waals surface area contributed by atoms with Gasteiger partial charge in [-0.05, 0) is 68.5 Å². The van der Waals surface area contributed by atoms with Crippen LogP contribution in [-0.4, -0.2) is 20.7 Å². The van der Waals surface area contributed by atoms with E-state index >= 15 is 0 Å². The molecule has 0 spiro atoms. The van der Waals surface area contributed by atoms with Crippen LogP contribution in [0.4, 0.5) is 4.39 Å². The molecule has 0 radical (unpaired) electrons. The molecule has 2 aliphatic rings. The molecule has 2 unspecified atom stereocenters. The first-order chi connectivity index (χ1) is 14.5. The minimum atomic E-state index is -0.211. The molecular weight excluding hydrogens is 399 g/mol. The van der Waals surface area contributed by atoms with Crippen molar-refractivity contribution in [2.75, 3.05) is 0 Å². The summed E-state index contributed by atoms with van der Waals surface area (Å²) in [5, 5.41) is 15.0. The molecule has 3 aromatic rings. The lowest BCUT2D eigenvalue weighted by Gasteiger charge is -2.34. The Balaban J connectivity index is 1.47. The highest BCUT2D eigenvalue weighted by atomic mass is 35.5. The van der Waals surface area contributed by atoms with E-state index in [2.05, 4.69) is 24.8 Å². The topological polar surface area (TPSA) is 44.9 Å². The maximum atomic E-state index is 14.5. The second-order valence-electron chi connectivity index (χ2n) is 8.22. The molecule has 0 fully saturated rings. The van der Waals surface area contributed by atoms with E-state index < -0.39 is 0 Å². The van der Waals surface area contributed by atoms with Gasteiger partial charge in [-0.25, -0.2) is 9.07 Å². The van der Waals surface area contributed by atoms with Crippen molar-refractivity contribution in [3.05, 3.63) is 80.9 Å². The molecule has 0 saturated heterocycles. The summed E-state index contributed by atoms with van der Waals surface area (Å²) in [6, 6.07) is 13.3. The van der Waals surface area contributed by atoms with Crippen LogP contribution in [0.25, 0.3) is 5.69 Å². The highest BCUT2D eigenvalue weighted by molar-refractivity contribution is 6.32. The Bertz CT molecular complexity index is 1190. The molecule has 0 saturated carbocycles. The van der Waals surface area contributed by atoms with Gasteiger partial charge in [0, 0.05) is 29.9 Å². The average Bonchev–Trinajstić information content (AvgIpc) is 3.27. The second kappa shape index (κ2) is 7.23. The zero-order valence-corrected chi connectivity index (χ0v) is 17.7. The normalized spacial score (nSPS) is 20.6. The molecular formula is C24H22ClFN4. The van der Waals surface area contributed by atoms with Crippen LogP contribution < -0.4 is 0 Å². The first-order valence-corrected chi connectivity index (χ1v) is 10.7. The summed E-state index contributed by atoms with van der Waals surface area (Å²) in [6.45, 7) is 4.73. The minimum Gasteiger partial charge on any atom is -0.289 e. The van der Waals surface area contributed by atoms with Gasteiger partial charge in [0.1, 0.15) is 5.82 Å². The van der Waals surface area contributed by atoms with Crippen molar-refractivity contribution in [1.82, 2.24) is 14.7 Å². The molecule has 6 heteroatoms. The van der Waals surface area contributed by atoms with Crippen LogP contribution in [-0.2, 0) is 19.4 Å². The molecule has 1 aliphatic heterocycles. The summed E-state index contributed by atoms with van der Waals surface area (Å²) in [5.41, 5.74) is 6.50. The molecule has 2 aromatic carbocycles. The van der Waals surface area contributed by atoms with Crippen molar-refractivity contribution < 1.29 is 4.39 Å². The molecule has 1 aliphatic carbocycles. The van der Waals surface area contributed by atoms with E-state index in [4.69, 9.17) is 16.7 Å². The van der Waals surface area contributed by atoms with Crippen LogP contribution >= 0.6 is 11.6 Å². The summed E-state index contributed by atoms with van der Waals surface area (Å²) in [5.74, 6) is -0.211. The van der Waals surface area contributed by atoms with Gasteiger partial charge in [-0.15, -0.1) is 0 Å². The Kier molecular flexibility index (Phi) is 4.65. The lowest BCUT2D eigenvalue weighted by Crippen LogP contribution is -2.37. The van der Waals surface area contributed by atoms with Gasteiger partial charge in [0.05, 0.1) is 28.0 Å². The van der Waals surface area contributed by atoms with Gasteiger partial charge in [-0.1, -0.05) is 23.7 Å². The first-order valence-electron chi connectivity index (χ1n) is 10.3. The quantitative estimate of drug-likeness (QED) is 0.566. The van der Waals surface area contributed by atoms with E-state index in [0.29, 0.717) is 22.7 Å². The highest BCUT2D eigenvalue weighted by Crippen LogP contribution is 2.41. The Hall–Kier alpha value is -2.68. The molecule has 5 rings (SSSR count). The molecule has 0 N–H and O–H groups in total. The zero-order chi connectivity index (χ0) is 21.0. The Morgan fingerprint density at radius 3 is 2.77 bits per heavy atom. The smallest absolute Gasteiger partial charge is 0.128 e. The van der Waals surface area contributed by atoms with Crippen LogP contribution in [0.1, 0.15) is 53.0 Å². The molecule has 4 nitrogen and oxygen atoms in total. The summed E-state index contributed by atoms with van der Waals surface area (Å²) >= 11 is 6.41. The van der Waals surface area contributed by atoms with Crippen LogP contribution in [0, 0.1) is 24.1 Å². The number of rotatable bonds is 2. The summed E-state index contributed by atoms with van der Waals surface area (Å²) in [7, 11) is 0. The standard InChI is InChI=1S/C24H22ClFN4/c1-14-18-11-17(8-10-22(18)28-30(14)23-6-4-3-5-20(23)25)29-13-19-21(26)9-7-16(12-27)24(19)15(29)2/h3-7,9,15,17H,8,10-11,13H2,1-2H3. The van der Waals surface area contributed by atoms with Crippen LogP contribution in [0.15, 0.2) is 36.4 Å². The zero-order valence-electron chi connectivity index (χ0n) is 17.0. The number of nitrogens with zero attached hydrogens (tertiary/aromatic N) is 4. The van der Waals surface area contributed by atoms with Crippen molar-refractivity contribution in [2.45, 2.75) is 51.7 Å². The maximum Gasteiger partial charge on any atom is 0.128 e. The number of fused-ring (bicyclic) bond motifs is 2. The van der Waals surface area contributed by atoms with Gasteiger partial charge >= 0.3 is 0 Å². The largest absolute Gasteiger partial charge is 0.289 e. The lowest BCUT2D eigenvalue weighted by molar-refractivity contribution is 0.141. The van der Waals surface area contributed by atoms with Gasteiger partial charge in [-0.2, -0.15) is 10.4 Å². The van der Waals surface area contributed by atoms with Crippen molar-refractivity contribution in [2.24, 2.45) is 0 Å². The van der Waals surface area contributed by atoms with E-state index in [0.717, 1.165) is 41.9 Å². The fraction of sp³-hybridized carbons (Fsp3) is 0.333. The summed E-state index contributed by atoms with van der Waals surface area (Å²) < 4.78 is 16.4. The fourth-order valence-corrected chi connectivity index (χ4v) is 5.36. The van der Waals surface area contributed by atoms with Gasteiger partial charge in [0.2, 0.25) is 0 Å². The highest BCUT2D eigenvalue weighted by Gasteiger charge is 2.38. The first kappa shape index (κ1) is 19.3. The lowest BCUT2D eigenvalue weighted by atomic mass is 9.90. The Morgan fingerprint density at radius 2 is 2.00 bits per heavy atom. The fourth-order valence-electron chi connectivity index (χ4n) is 5.15. The number of nitriles is 1. The third kappa shape index (κ3) is 2.86. The number of halogens is 2. The van der Waals surface area contributed by atoms with Crippen molar-refractivity contribution in [1.29, 1.82) is 5.26 Å². The second-order valence-corrected chi connectivity index (χ2v) is 8.62. The van der Waals surface area contributed by atoms with E-state index in [1.807, 2.05) is 28.9 Å². The summed E-state index contributed by atoms with van der Waals surface area (Å²) in [4.78, 5) is 2.35. The molecule has 0 bridgehead atoms. The third-order valence-electron chi connectivity index (χ3n) is 6.70. The minimum absolute atomic E-state index is 0.0239.